The van der Waals surface area contributed by atoms with Crippen molar-refractivity contribution in [2.45, 2.75) is 18.8 Å². The van der Waals surface area contributed by atoms with Crippen LogP contribution in [0.25, 0.3) is 16.9 Å². The number of Topliss-reactive ketones (excluding diaryl/α,β-unsaturated/α-hetero) is 1. The van der Waals surface area contributed by atoms with Crippen molar-refractivity contribution in [3.05, 3.63) is 112 Å². The third-order valence-electron chi connectivity index (χ3n) is 5.85. The van der Waals surface area contributed by atoms with Gasteiger partial charge in [-0.2, -0.15) is 0 Å². The van der Waals surface area contributed by atoms with Crippen LogP contribution in [0.3, 0.4) is 0 Å². The standard InChI is InChI=1S/C26H18BrF2NO/c27-19-8-6-17(7-9-19)24-15-21-25(30(24)20-10-11-22(28)23(29)14-20)12-18(13-26(21)31)16-4-2-1-3-5-16/h1-11,14-15,18H,12-13H2/t18-/m0/s1. The molecule has 154 valence electrons. The lowest BCUT2D eigenvalue weighted by Gasteiger charge is -2.24. The number of benzene rings is 3. The van der Waals surface area contributed by atoms with Crippen LogP contribution in [0.2, 0.25) is 0 Å². The van der Waals surface area contributed by atoms with Crippen LogP contribution < -0.4 is 0 Å². The van der Waals surface area contributed by atoms with Gasteiger partial charge in [0.25, 0.3) is 0 Å². The highest BCUT2D eigenvalue weighted by molar-refractivity contribution is 9.10. The van der Waals surface area contributed by atoms with E-state index in [1.54, 1.807) is 6.07 Å². The van der Waals surface area contributed by atoms with Crippen molar-refractivity contribution in [2.24, 2.45) is 0 Å². The van der Waals surface area contributed by atoms with Crippen LogP contribution in [-0.4, -0.2) is 10.4 Å². The number of carbonyl (C=O) groups is 1. The molecule has 0 N–H and O–H groups in total. The Morgan fingerprint density at radius 1 is 0.839 bits per heavy atom. The van der Waals surface area contributed by atoms with Crippen LogP contribution in [0.5, 0.6) is 0 Å². The molecule has 31 heavy (non-hydrogen) atoms. The zero-order chi connectivity index (χ0) is 21.5. The van der Waals surface area contributed by atoms with E-state index in [9.17, 15) is 13.6 Å². The average Bonchev–Trinajstić information content (AvgIpc) is 3.17. The molecule has 1 aromatic heterocycles. The number of ketones is 1. The van der Waals surface area contributed by atoms with Gasteiger partial charge in [-0.25, -0.2) is 8.78 Å². The molecule has 0 aliphatic heterocycles. The Morgan fingerprint density at radius 2 is 1.58 bits per heavy atom. The van der Waals surface area contributed by atoms with Gasteiger partial charge in [0.05, 0.1) is 5.69 Å². The van der Waals surface area contributed by atoms with Gasteiger partial charge in [-0.3, -0.25) is 4.79 Å². The summed E-state index contributed by atoms with van der Waals surface area (Å²) in [5, 5.41) is 0. The van der Waals surface area contributed by atoms with Gasteiger partial charge in [-0.15, -0.1) is 0 Å². The molecule has 0 fully saturated rings. The van der Waals surface area contributed by atoms with Gasteiger partial charge in [-0.05, 0) is 53.8 Å². The second-order valence-corrected chi connectivity index (χ2v) is 8.69. The summed E-state index contributed by atoms with van der Waals surface area (Å²) in [6, 6.07) is 23.4. The summed E-state index contributed by atoms with van der Waals surface area (Å²) in [6.45, 7) is 0. The Hall–Kier alpha value is -3.05. The lowest BCUT2D eigenvalue weighted by Crippen LogP contribution is -2.20. The first-order valence-electron chi connectivity index (χ1n) is 10.1. The minimum atomic E-state index is -0.913. The van der Waals surface area contributed by atoms with Gasteiger partial charge >= 0.3 is 0 Å². The Kier molecular flexibility index (Phi) is 5.06. The first kappa shape index (κ1) is 19.9. The summed E-state index contributed by atoms with van der Waals surface area (Å²) in [4.78, 5) is 13.1. The molecule has 3 aromatic carbocycles. The summed E-state index contributed by atoms with van der Waals surface area (Å²) < 4.78 is 30.6. The molecular weight excluding hydrogens is 460 g/mol. The van der Waals surface area contributed by atoms with Crippen LogP contribution in [0.15, 0.2) is 83.3 Å². The maximum absolute atomic E-state index is 14.1. The summed E-state index contributed by atoms with van der Waals surface area (Å²) in [5.74, 6) is -1.70. The van der Waals surface area contributed by atoms with Crippen molar-refractivity contribution < 1.29 is 13.6 Å². The van der Waals surface area contributed by atoms with E-state index in [4.69, 9.17) is 0 Å². The number of nitrogens with zero attached hydrogens (tertiary/aromatic N) is 1. The maximum Gasteiger partial charge on any atom is 0.165 e. The monoisotopic (exact) mass is 477 g/mol. The molecule has 0 radical (unpaired) electrons. The van der Waals surface area contributed by atoms with E-state index in [0.29, 0.717) is 24.1 Å². The predicted molar refractivity (Wildman–Crippen MR) is 121 cm³/mol. The molecule has 0 bridgehead atoms. The highest BCUT2D eigenvalue weighted by Gasteiger charge is 2.31. The Bertz CT molecular complexity index is 1280. The van der Waals surface area contributed by atoms with Crippen LogP contribution in [0.4, 0.5) is 8.78 Å². The Balaban J connectivity index is 1.71. The van der Waals surface area contributed by atoms with Crippen molar-refractivity contribution in [1.82, 2.24) is 4.57 Å². The molecule has 0 amide bonds. The van der Waals surface area contributed by atoms with Gasteiger partial charge in [0, 0.05) is 33.9 Å². The SMILES string of the molecule is O=C1C[C@@H](c2ccccc2)Cc2c1cc(-c1ccc(Br)cc1)n2-c1ccc(F)c(F)c1. The Labute approximate surface area is 187 Å². The predicted octanol–water partition coefficient (Wildman–Crippen LogP) is 7.10. The lowest BCUT2D eigenvalue weighted by atomic mass is 9.82. The number of aromatic nitrogens is 1. The molecule has 1 aliphatic rings. The average molecular weight is 478 g/mol. The highest BCUT2D eigenvalue weighted by atomic mass is 79.9. The normalized spacial score (nSPS) is 15.7. The molecule has 1 heterocycles. The molecule has 0 spiro atoms. The second kappa shape index (κ2) is 7.89. The quantitative estimate of drug-likeness (QED) is 0.308. The number of hydrogen-bond acceptors (Lipinski definition) is 1. The minimum absolute atomic E-state index is 0.0397. The summed E-state index contributed by atoms with van der Waals surface area (Å²) >= 11 is 3.45. The summed E-state index contributed by atoms with van der Waals surface area (Å²) in [5.41, 5.74) is 4.75. The molecule has 0 unspecified atom stereocenters. The van der Waals surface area contributed by atoms with Crippen LogP contribution in [0, 0.1) is 11.6 Å². The van der Waals surface area contributed by atoms with Gasteiger partial charge in [0.2, 0.25) is 0 Å². The van der Waals surface area contributed by atoms with E-state index in [1.165, 1.54) is 6.07 Å². The summed E-state index contributed by atoms with van der Waals surface area (Å²) in [6.07, 6.45) is 1.07. The number of halogens is 3. The largest absolute Gasteiger partial charge is 0.313 e. The smallest absolute Gasteiger partial charge is 0.165 e. The van der Waals surface area contributed by atoms with E-state index >= 15 is 0 Å². The highest BCUT2D eigenvalue weighted by Crippen LogP contribution is 2.39. The first-order chi connectivity index (χ1) is 15.0. The van der Waals surface area contributed by atoms with Crippen molar-refractivity contribution in [1.29, 1.82) is 0 Å². The van der Waals surface area contributed by atoms with E-state index in [1.807, 2.05) is 65.2 Å². The van der Waals surface area contributed by atoms with Gasteiger partial charge < -0.3 is 4.57 Å². The van der Waals surface area contributed by atoms with Gasteiger partial charge in [0.15, 0.2) is 17.4 Å². The third-order valence-corrected chi connectivity index (χ3v) is 6.38. The van der Waals surface area contributed by atoms with Crippen molar-refractivity contribution in [2.75, 3.05) is 0 Å². The number of rotatable bonds is 3. The topological polar surface area (TPSA) is 22.0 Å². The van der Waals surface area contributed by atoms with E-state index in [-0.39, 0.29) is 11.7 Å². The van der Waals surface area contributed by atoms with Crippen LogP contribution in [-0.2, 0) is 6.42 Å². The Morgan fingerprint density at radius 3 is 2.29 bits per heavy atom. The molecule has 4 aromatic rings. The van der Waals surface area contributed by atoms with Gasteiger partial charge in [-0.1, -0.05) is 58.4 Å². The fourth-order valence-electron chi connectivity index (χ4n) is 4.35. The molecule has 5 heteroatoms. The second-order valence-electron chi connectivity index (χ2n) is 7.77. The molecule has 5 rings (SSSR count). The van der Waals surface area contributed by atoms with Crippen LogP contribution in [0.1, 0.15) is 34.0 Å². The van der Waals surface area contributed by atoms with Gasteiger partial charge in [0.1, 0.15) is 0 Å². The first-order valence-corrected chi connectivity index (χ1v) is 10.8. The molecule has 0 saturated heterocycles. The van der Waals surface area contributed by atoms with Crippen molar-refractivity contribution in [3.63, 3.8) is 0 Å². The lowest BCUT2D eigenvalue weighted by molar-refractivity contribution is 0.0963. The fraction of sp³-hybridized carbons (Fsp3) is 0.115. The minimum Gasteiger partial charge on any atom is -0.313 e. The van der Waals surface area contributed by atoms with E-state index < -0.39 is 11.6 Å². The van der Waals surface area contributed by atoms with Crippen molar-refractivity contribution in [3.8, 4) is 16.9 Å². The third kappa shape index (κ3) is 3.63. The van der Waals surface area contributed by atoms with Crippen LogP contribution >= 0.6 is 15.9 Å². The molecule has 2 nitrogen and oxygen atoms in total. The number of carbonyl (C=O) groups excluding carboxylic acids is 1. The van der Waals surface area contributed by atoms with E-state index in [2.05, 4.69) is 15.9 Å². The molecule has 0 saturated carbocycles. The molecule has 1 atom stereocenters. The zero-order valence-electron chi connectivity index (χ0n) is 16.5. The summed E-state index contributed by atoms with van der Waals surface area (Å²) in [7, 11) is 0. The number of fused-ring (bicyclic) bond motifs is 1. The molecular formula is C26H18BrF2NO. The fourth-order valence-corrected chi connectivity index (χ4v) is 4.61. The number of hydrogen-bond donors (Lipinski definition) is 0. The van der Waals surface area contributed by atoms with E-state index in [0.717, 1.165) is 33.1 Å². The zero-order valence-corrected chi connectivity index (χ0v) is 18.1. The maximum atomic E-state index is 14.1. The van der Waals surface area contributed by atoms with Crippen molar-refractivity contribution >= 4 is 21.7 Å². The molecule has 1 aliphatic carbocycles.